The van der Waals surface area contributed by atoms with Crippen molar-refractivity contribution >= 4 is 52.2 Å². The molecule has 0 bridgehead atoms. The number of benzene rings is 3. The van der Waals surface area contributed by atoms with Gasteiger partial charge in [0.2, 0.25) is 29.5 Å². The lowest BCUT2D eigenvalue weighted by Crippen LogP contribution is -2.58. The van der Waals surface area contributed by atoms with Crippen LogP contribution in [-0.2, 0) is 41.6 Å². The average Bonchev–Trinajstić information content (AvgIpc) is 3.65. The molecule has 16 heteroatoms. The first-order valence-electron chi connectivity index (χ1n) is 18.3. The van der Waals surface area contributed by atoms with Gasteiger partial charge in [-0.2, -0.15) is 0 Å². The molecule has 292 valence electrons. The summed E-state index contributed by atoms with van der Waals surface area (Å²) in [5, 5.41) is 29.7. The van der Waals surface area contributed by atoms with Crippen LogP contribution in [0.15, 0.2) is 71.7 Å². The Balaban J connectivity index is 1.56. The fraction of sp³-hybridized carbons (Fsp3) is 0.410. The monoisotopic (exact) mass is 756 g/mol. The Labute approximate surface area is 318 Å². The number of hydrogen-bond donors (Lipinski definition) is 7. The van der Waals surface area contributed by atoms with E-state index in [1.807, 2.05) is 42.5 Å². The molecule has 9 N–H and O–H groups in total. The number of guanidine groups is 1. The smallest absolute Gasteiger partial charge is 0.303 e. The van der Waals surface area contributed by atoms with Gasteiger partial charge < -0.3 is 47.4 Å². The summed E-state index contributed by atoms with van der Waals surface area (Å²) in [7, 11) is 1.34. The van der Waals surface area contributed by atoms with Crippen molar-refractivity contribution in [1.29, 1.82) is 0 Å². The topological polar surface area (TPSA) is 250 Å². The molecule has 0 unspecified atom stereocenters. The number of aromatic hydroxyl groups is 1. The van der Waals surface area contributed by atoms with Gasteiger partial charge in [-0.3, -0.25) is 33.8 Å². The van der Waals surface area contributed by atoms with Gasteiger partial charge in [-0.25, -0.2) is 0 Å². The van der Waals surface area contributed by atoms with E-state index >= 15 is 0 Å². The number of likely N-dealkylation sites (N-methyl/N-ethyl adjacent to an activating group) is 1. The predicted molar refractivity (Wildman–Crippen MR) is 203 cm³/mol. The quantitative estimate of drug-likeness (QED) is 0.0813. The summed E-state index contributed by atoms with van der Waals surface area (Å²) in [6.45, 7) is 0.340. The van der Waals surface area contributed by atoms with Gasteiger partial charge in [-0.1, -0.05) is 54.6 Å². The molecule has 2 aliphatic heterocycles. The van der Waals surface area contributed by atoms with Crippen LogP contribution in [0.3, 0.4) is 0 Å². The van der Waals surface area contributed by atoms with Gasteiger partial charge in [0.15, 0.2) is 5.96 Å². The lowest BCUT2D eigenvalue weighted by Gasteiger charge is -2.33. The van der Waals surface area contributed by atoms with E-state index in [1.165, 1.54) is 24.1 Å². The van der Waals surface area contributed by atoms with Crippen LogP contribution in [-0.4, -0.2) is 112 Å². The Kier molecular flexibility index (Phi) is 13.3. The lowest BCUT2D eigenvalue weighted by molar-refractivity contribution is -0.145. The molecule has 2 heterocycles. The zero-order valence-electron chi connectivity index (χ0n) is 30.6. The van der Waals surface area contributed by atoms with Crippen LogP contribution in [0.2, 0.25) is 0 Å². The van der Waals surface area contributed by atoms with E-state index in [4.69, 9.17) is 11.5 Å². The molecule has 2 saturated heterocycles. The van der Waals surface area contributed by atoms with Crippen molar-refractivity contribution in [2.45, 2.75) is 81.6 Å². The van der Waals surface area contributed by atoms with Crippen LogP contribution in [0, 0.1) is 0 Å². The van der Waals surface area contributed by atoms with Gasteiger partial charge in [-0.15, -0.1) is 0 Å². The molecule has 5 atom stereocenters. The molecule has 0 aromatic heterocycles. The highest BCUT2D eigenvalue weighted by atomic mass is 16.4. The second-order valence-corrected chi connectivity index (χ2v) is 14.0. The minimum absolute atomic E-state index is 0.00717. The molecule has 2 aliphatic rings. The second kappa shape index (κ2) is 18.2. The van der Waals surface area contributed by atoms with Gasteiger partial charge >= 0.3 is 5.97 Å². The molecule has 3 aromatic rings. The number of carboxylic acids is 1. The number of fused-ring (bicyclic) bond motifs is 2. The first kappa shape index (κ1) is 40.0. The van der Waals surface area contributed by atoms with Crippen LogP contribution in [0.5, 0.6) is 5.75 Å². The first-order chi connectivity index (χ1) is 26.3. The van der Waals surface area contributed by atoms with E-state index in [0.29, 0.717) is 18.4 Å². The zero-order valence-corrected chi connectivity index (χ0v) is 30.6. The van der Waals surface area contributed by atoms with Crippen molar-refractivity contribution in [3.63, 3.8) is 0 Å². The number of aliphatic carboxylic acids is 1. The van der Waals surface area contributed by atoms with Crippen LogP contribution in [0.1, 0.15) is 49.7 Å². The standard InChI is InChI=1S/C39H48N8O8/c1-46-31(16-17-33(49)50)35(52)45-30(22-24-10-13-25-6-2-3-7-26(25)20-24)38(55)47-19-5-9-32(47)36(53)44-29(21-23-11-14-27(48)15-12-23)34(51)43-28(37(46)54)8-4-18-42-39(40)41/h2-3,6-7,10-15,20,28-32,48H,4-5,8-9,16-19,21-22H2,1H3,(H,43,51)(H,44,53)(H,45,52)(H,49,50)(H4,40,41,42)/t28-,29+,30-,31-,32-/m0/s1. The number of nitrogens with one attached hydrogen (secondary N) is 3. The highest BCUT2D eigenvalue weighted by molar-refractivity contribution is 5.98. The summed E-state index contributed by atoms with van der Waals surface area (Å²) < 4.78 is 0. The second-order valence-electron chi connectivity index (χ2n) is 14.0. The van der Waals surface area contributed by atoms with Gasteiger partial charge in [0.05, 0.1) is 0 Å². The van der Waals surface area contributed by atoms with Gasteiger partial charge in [-0.05, 0) is 66.1 Å². The maximum absolute atomic E-state index is 14.5. The maximum atomic E-state index is 14.5. The number of phenolic OH excluding ortho intramolecular Hbond substituents is 1. The van der Waals surface area contributed by atoms with Crippen molar-refractivity contribution < 1.29 is 39.0 Å². The average molecular weight is 757 g/mol. The number of phenols is 1. The highest BCUT2D eigenvalue weighted by Gasteiger charge is 2.41. The van der Waals surface area contributed by atoms with Crippen molar-refractivity contribution in [3.05, 3.63) is 77.9 Å². The molecule has 2 fully saturated rings. The number of nitrogens with zero attached hydrogens (tertiary/aromatic N) is 3. The molecule has 55 heavy (non-hydrogen) atoms. The number of carbonyl (C=O) groups excluding carboxylic acids is 5. The van der Waals surface area contributed by atoms with E-state index < -0.39 is 72.1 Å². The molecule has 0 saturated carbocycles. The number of aliphatic imine (C=N–C) groups is 1. The summed E-state index contributed by atoms with van der Waals surface area (Å²) in [6.07, 6.45) is 0.326. The number of rotatable bonds is 11. The lowest BCUT2D eigenvalue weighted by atomic mass is 9.99. The molecule has 16 nitrogen and oxygen atoms in total. The van der Waals surface area contributed by atoms with Crippen molar-refractivity contribution in [3.8, 4) is 5.75 Å². The predicted octanol–water partition coefficient (Wildman–Crippen LogP) is 0.535. The van der Waals surface area contributed by atoms with Gasteiger partial charge in [0.1, 0.15) is 36.0 Å². The summed E-state index contributed by atoms with van der Waals surface area (Å²) >= 11 is 0. The number of hydrogen-bond acceptors (Lipinski definition) is 8. The third-order valence-electron chi connectivity index (χ3n) is 10.0. The minimum atomic E-state index is -1.35. The Morgan fingerprint density at radius 2 is 1.45 bits per heavy atom. The number of nitrogens with two attached hydrogens (primary N) is 2. The van der Waals surface area contributed by atoms with Crippen LogP contribution >= 0.6 is 0 Å². The molecule has 0 aliphatic carbocycles. The molecule has 0 radical (unpaired) electrons. The third kappa shape index (κ3) is 10.5. The highest BCUT2D eigenvalue weighted by Crippen LogP contribution is 2.23. The van der Waals surface area contributed by atoms with E-state index in [9.17, 15) is 39.0 Å². The van der Waals surface area contributed by atoms with Crippen molar-refractivity contribution in [2.24, 2.45) is 16.5 Å². The Bertz CT molecular complexity index is 1930. The van der Waals surface area contributed by atoms with E-state index in [2.05, 4.69) is 20.9 Å². The minimum Gasteiger partial charge on any atom is -0.508 e. The summed E-state index contributed by atoms with van der Waals surface area (Å²) in [5.74, 6) is -4.63. The SMILES string of the molecule is CN1C(=O)[C@H](CCCN=C(N)N)NC(=O)[C@@H](Cc2ccc(O)cc2)NC(=O)[C@@H]2CCCN2C(=O)[C@H](Cc2ccc3ccccc3c2)NC(=O)[C@@H]1CCC(=O)O. The maximum Gasteiger partial charge on any atom is 0.303 e. The van der Waals surface area contributed by atoms with Crippen LogP contribution in [0.4, 0.5) is 0 Å². The Morgan fingerprint density at radius 1 is 0.800 bits per heavy atom. The molecule has 3 aromatic carbocycles. The van der Waals surface area contributed by atoms with Crippen molar-refractivity contribution in [1.82, 2.24) is 25.8 Å². The Morgan fingerprint density at radius 3 is 2.16 bits per heavy atom. The van der Waals surface area contributed by atoms with E-state index in [1.54, 1.807) is 12.1 Å². The largest absolute Gasteiger partial charge is 0.508 e. The van der Waals surface area contributed by atoms with Gasteiger partial charge in [0.25, 0.3) is 0 Å². The number of amides is 5. The third-order valence-corrected chi connectivity index (χ3v) is 10.0. The molecular weight excluding hydrogens is 708 g/mol. The molecular formula is C39H48N8O8. The van der Waals surface area contributed by atoms with E-state index in [0.717, 1.165) is 21.2 Å². The van der Waals surface area contributed by atoms with Gasteiger partial charge in [0, 0.05) is 39.4 Å². The zero-order chi connectivity index (χ0) is 39.6. The van der Waals surface area contributed by atoms with Crippen molar-refractivity contribution in [2.75, 3.05) is 20.1 Å². The first-order valence-corrected chi connectivity index (χ1v) is 18.3. The normalized spacial score (nSPS) is 22.6. The fourth-order valence-electron chi connectivity index (χ4n) is 7.11. The fourth-order valence-corrected chi connectivity index (χ4v) is 7.11. The van der Waals surface area contributed by atoms with Crippen LogP contribution in [0.25, 0.3) is 10.8 Å². The molecule has 0 spiro atoms. The number of carboxylic acid groups (broad SMARTS) is 1. The molecule has 5 amide bonds. The Hall–Kier alpha value is -6.19. The summed E-state index contributed by atoms with van der Waals surface area (Å²) in [5.41, 5.74) is 12.3. The number of carbonyl (C=O) groups is 6. The summed E-state index contributed by atoms with van der Waals surface area (Å²) in [4.78, 5) is 89.3. The van der Waals surface area contributed by atoms with Crippen LogP contribution < -0.4 is 27.4 Å². The van der Waals surface area contributed by atoms with E-state index in [-0.39, 0.29) is 56.9 Å². The summed E-state index contributed by atoms with van der Waals surface area (Å²) in [6, 6.07) is 13.5. The molecule has 5 rings (SSSR count).